The average Bonchev–Trinajstić information content (AvgIpc) is 2.47. The standard InChI is InChI=1S/2C5H7O2.2C3H8O.O.Ti/c2*1-4(6)3-5(2)7;2*1-2-3-4;;/h2*1,3H2,2H3;2*4H,2-3H2,1H3;;/q2*-1;;;;+2. The van der Waals surface area contributed by atoms with Gasteiger partial charge in [-0.15, -0.1) is 0 Å². The molecule has 0 fully saturated rings. The maximum absolute atomic E-state index is 9.99. The predicted octanol–water partition coefficient (Wildman–Crippen LogP) is 1.39. The van der Waals surface area contributed by atoms with Crippen LogP contribution in [0.1, 0.15) is 53.4 Å². The number of carbonyl (C=O) groups excluding carboxylic acids is 4. The quantitative estimate of drug-likeness (QED) is 0.404. The summed E-state index contributed by atoms with van der Waals surface area (Å²) in [6, 6.07) is 0. The number of aliphatic hydroxyl groups is 2. The zero-order valence-corrected chi connectivity index (χ0v) is 16.7. The summed E-state index contributed by atoms with van der Waals surface area (Å²) in [7, 11) is 0. The van der Waals surface area contributed by atoms with Gasteiger partial charge in [0, 0.05) is 37.6 Å². The fourth-order valence-electron chi connectivity index (χ4n) is 0.555. The van der Waals surface area contributed by atoms with Crippen LogP contribution < -0.4 is 0 Å². The van der Waals surface area contributed by atoms with E-state index in [1.54, 1.807) is 0 Å². The van der Waals surface area contributed by atoms with Crippen molar-refractivity contribution in [1.29, 1.82) is 0 Å². The van der Waals surface area contributed by atoms with E-state index >= 15 is 0 Å². The molecule has 0 unspecified atom stereocenters. The van der Waals surface area contributed by atoms with Gasteiger partial charge in [0.05, 0.1) is 0 Å². The maximum atomic E-state index is 9.99. The van der Waals surface area contributed by atoms with Crippen LogP contribution in [0.2, 0.25) is 0 Å². The Balaban J connectivity index is -0.0000000666. The molecule has 0 amide bonds. The first-order chi connectivity index (χ1) is 11.1. The van der Waals surface area contributed by atoms with E-state index < -0.39 is 0 Å². The zero-order valence-electron chi connectivity index (χ0n) is 15.1. The van der Waals surface area contributed by atoms with Crippen molar-refractivity contribution in [1.82, 2.24) is 0 Å². The summed E-state index contributed by atoms with van der Waals surface area (Å²) in [6.45, 7) is 13.3. The van der Waals surface area contributed by atoms with E-state index in [9.17, 15) is 19.2 Å². The molecule has 140 valence electrons. The molecule has 0 atom stereocenters. The van der Waals surface area contributed by atoms with Crippen LogP contribution in [0.5, 0.6) is 0 Å². The number of ketones is 4. The molecular formula is C16H30O7Ti. The Labute approximate surface area is 156 Å². The van der Waals surface area contributed by atoms with Gasteiger partial charge in [0.1, 0.15) is 11.6 Å². The van der Waals surface area contributed by atoms with Gasteiger partial charge in [0.15, 0.2) is 0 Å². The Morgan fingerprint density at radius 2 is 0.917 bits per heavy atom. The van der Waals surface area contributed by atoms with E-state index in [0.29, 0.717) is 13.2 Å². The van der Waals surface area contributed by atoms with Crippen LogP contribution in [0, 0.1) is 13.8 Å². The molecule has 0 aromatic heterocycles. The molecule has 0 aromatic rings. The first kappa shape index (κ1) is 34.2. The number of rotatable bonds is 6. The SMILES string of the molecule is CCCO.CCCO.[CH2-]C(=O)CC(C)=O.[CH2-]C(=O)CC(C)=O.[O]=[Ti+2]. The molecule has 0 radical (unpaired) electrons. The van der Waals surface area contributed by atoms with Crippen molar-refractivity contribution in [2.45, 2.75) is 53.4 Å². The van der Waals surface area contributed by atoms with Crippen LogP contribution in [0.25, 0.3) is 0 Å². The van der Waals surface area contributed by atoms with E-state index in [-0.39, 0.29) is 36.0 Å². The minimum atomic E-state index is -0.312. The summed E-state index contributed by atoms with van der Waals surface area (Å²) in [6.07, 6.45) is 1.69. The van der Waals surface area contributed by atoms with E-state index in [1.165, 1.54) is 13.8 Å². The van der Waals surface area contributed by atoms with E-state index in [4.69, 9.17) is 13.5 Å². The molecule has 24 heavy (non-hydrogen) atoms. The Bertz CT molecular complexity index is 260. The topological polar surface area (TPSA) is 126 Å². The summed E-state index contributed by atoms with van der Waals surface area (Å²) >= 11 is 0.750. The van der Waals surface area contributed by atoms with Crippen molar-refractivity contribution in [3.63, 3.8) is 0 Å². The van der Waals surface area contributed by atoms with Gasteiger partial charge >= 0.3 is 23.7 Å². The van der Waals surface area contributed by atoms with E-state index in [1.807, 2.05) is 13.8 Å². The van der Waals surface area contributed by atoms with E-state index in [0.717, 1.165) is 33.2 Å². The van der Waals surface area contributed by atoms with Gasteiger partial charge in [-0.2, -0.15) is 0 Å². The van der Waals surface area contributed by atoms with Crippen LogP contribution in [0.3, 0.4) is 0 Å². The zero-order chi connectivity index (χ0) is 20.6. The van der Waals surface area contributed by atoms with Gasteiger partial charge in [0.25, 0.3) is 0 Å². The third-order valence-corrected chi connectivity index (χ3v) is 1.34. The van der Waals surface area contributed by atoms with Crippen molar-refractivity contribution in [2.24, 2.45) is 0 Å². The second kappa shape index (κ2) is 33.5. The van der Waals surface area contributed by atoms with Gasteiger partial charge in [-0.05, 0) is 26.7 Å². The second-order valence-corrected chi connectivity index (χ2v) is 4.28. The molecule has 0 spiro atoms. The monoisotopic (exact) mass is 382 g/mol. The second-order valence-electron chi connectivity index (χ2n) is 4.28. The van der Waals surface area contributed by atoms with Gasteiger partial charge < -0.3 is 33.6 Å². The number of carbonyl (C=O) groups is 4. The number of hydrogen-bond donors (Lipinski definition) is 2. The molecule has 0 saturated carbocycles. The summed E-state index contributed by atoms with van der Waals surface area (Å²) in [5, 5.41) is 15.8. The summed E-state index contributed by atoms with van der Waals surface area (Å²) < 4.78 is 8.25. The number of Topliss-reactive ketones (excluding diaryl/α,β-unsaturated/α-hetero) is 4. The predicted molar refractivity (Wildman–Crippen MR) is 86.8 cm³/mol. The van der Waals surface area contributed by atoms with Gasteiger partial charge in [-0.1, -0.05) is 13.8 Å². The van der Waals surface area contributed by atoms with Crippen molar-refractivity contribution in [3.8, 4) is 0 Å². The van der Waals surface area contributed by atoms with Crippen molar-refractivity contribution in [3.05, 3.63) is 13.8 Å². The molecule has 0 rings (SSSR count). The van der Waals surface area contributed by atoms with Crippen LogP contribution in [0.4, 0.5) is 0 Å². The molecule has 7 nitrogen and oxygen atoms in total. The minimum absolute atomic E-state index is 0.0278. The first-order valence-corrected chi connectivity index (χ1v) is 7.83. The fraction of sp³-hybridized carbons (Fsp3) is 0.625. The molecular weight excluding hydrogens is 352 g/mol. The molecule has 0 aliphatic rings. The molecule has 0 aliphatic carbocycles. The Kier molecular flexibility index (Phi) is 47.7. The summed E-state index contributed by atoms with van der Waals surface area (Å²) in [4.78, 5) is 39.8. The summed E-state index contributed by atoms with van der Waals surface area (Å²) in [5.74, 6) is -0.875. The third kappa shape index (κ3) is 105. The normalized spacial score (nSPS) is 7.50. The molecule has 0 bridgehead atoms. The van der Waals surface area contributed by atoms with Gasteiger partial charge in [-0.25, -0.2) is 0 Å². The molecule has 2 N–H and O–H groups in total. The van der Waals surface area contributed by atoms with Crippen LogP contribution in [-0.4, -0.2) is 46.6 Å². The van der Waals surface area contributed by atoms with Crippen molar-refractivity contribution in [2.75, 3.05) is 13.2 Å². The number of hydrogen-bond acceptors (Lipinski definition) is 7. The Morgan fingerprint density at radius 1 is 0.750 bits per heavy atom. The van der Waals surface area contributed by atoms with E-state index in [2.05, 4.69) is 13.8 Å². The Morgan fingerprint density at radius 3 is 0.917 bits per heavy atom. The average molecular weight is 382 g/mol. The summed E-state index contributed by atoms with van der Waals surface area (Å²) in [5.41, 5.74) is 0. The fourth-order valence-corrected chi connectivity index (χ4v) is 0.555. The van der Waals surface area contributed by atoms with Crippen LogP contribution >= 0.6 is 0 Å². The Hall–Kier alpha value is -1.15. The molecule has 0 saturated heterocycles. The van der Waals surface area contributed by atoms with Gasteiger partial charge in [-0.3, -0.25) is 9.59 Å². The first-order valence-electron chi connectivity index (χ1n) is 7.19. The van der Waals surface area contributed by atoms with Crippen molar-refractivity contribution >= 4 is 23.1 Å². The van der Waals surface area contributed by atoms with Gasteiger partial charge in [0.2, 0.25) is 0 Å². The molecule has 0 heterocycles. The molecule has 0 aliphatic heterocycles. The van der Waals surface area contributed by atoms with Crippen molar-refractivity contribution < 1.29 is 53.1 Å². The molecule has 0 aromatic carbocycles. The molecule has 8 heteroatoms. The van der Waals surface area contributed by atoms with Crippen LogP contribution in [-0.2, 0) is 42.9 Å². The number of aliphatic hydroxyl groups excluding tert-OH is 2. The third-order valence-electron chi connectivity index (χ3n) is 1.34. The van der Waals surface area contributed by atoms with Crippen LogP contribution in [0.15, 0.2) is 0 Å².